The van der Waals surface area contributed by atoms with Crippen molar-refractivity contribution < 1.29 is 14.1 Å². The van der Waals surface area contributed by atoms with Crippen molar-refractivity contribution in [1.29, 1.82) is 0 Å². The van der Waals surface area contributed by atoms with Gasteiger partial charge in [0.2, 0.25) is 5.89 Å². The van der Waals surface area contributed by atoms with Gasteiger partial charge in [0.25, 0.3) is 11.6 Å². The highest BCUT2D eigenvalue weighted by molar-refractivity contribution is 7.80. The van der Waals surface area contributed by atoms with Crippen molar-refractivity contribution in [3.05, 3.63) is 86.9 Å². The number of aromatic nitrogens is 1. The SMILES string of the molecule is CCC(C)c1ccc2oc(-c3ccc(NC(=S)NC(=O)c4ccc(Cl)c([N+](=O)[O-])c4)cc3)nc2c1. The van der Waals surface area contributed by atoms with Crippen LogP contribution in [0.5, 0.6) is 0 Å². The highest BCUT2D eigenvalue weighted by Crippen LogP contribution is 2.29. The number of halogens is 1. The Hall–Kier alpha value is -3.82. The van der Waals surface area contributed by atoms with Gasteiger partial charge < -0.3 is 9.73 Å². The Morgan fingerprint density at radius 1 is 1.17 bits per heavy atom. The molecule has 178 valence electrons. The van der Waals surface area contributed by atoms with Gasteiger partial charge in [-0.15, -0.1) is 0 Å². The van der Waals surface area contributed by atoms with Gasteiger partial charge in [0, 0.05) is 22.9 Å². The van der Waals surface area contributed by atoms with Gasteiger partial charge in [-0.25, -0.2) is 4.98 Å². The first-order valence-corrected chi connectivity index (χ1v) is 11.6. The van der Waals surface area contributed by atoms with E-state index in [9.17, 15) is 14.9 Å². The fraction of sp³-hybridized carbons (Fsp3) is 0.160. The number of fused-ring (bicyclic) bond motifs is 1. The van der Waals surface area contributed by atoms with E-state index in [1.807, 2.05) is 18.2 Å². The Bertz CT molecular complexity index is 1440. The van der Waals surface area contributed by atoms with E-state index in [-0.39, 0.29) is 21.4 Å². The second-order valence-corrected chi connectivity index (χ2v) is 8.78. The standard InChI is InChI=1S/C25H21ClN4O4S/c1-3-14(2)16-7-11-22-20(12-16)28-24(34-22)15-4-8-18(9-5-15)27-25(35)29-23(31)17-6-10-19(26)21(13-17)30(32)33/h4-14H,3H2,1-2H3,(H2,27,29,31,35). The van der Waals surface area contributed by atoms with E-state index in [4.69, 9.17) is 28.2 Å². The Morgan fingerprint density at radius 3 is 2.60 bits per heavy atom. The van der Waals surface area contributed by atoms with Crippen molar-refractivity contribution >= 4 is 57.3 Å². The molecule has 8 nitrogen and oxygen atoms in total. The zero-order valence-electron chi connectivity index (χ0n) is 18.9. The van der Waals surface area contributed by atoms with Crippen LogP contribution < -0.4 is 10.6 Å². The molecule has 0 aliphatic carbocycles. The lowest BCUT2D eigenvalue weighted by Gasteiger charge is -2.10. The lowest BCUT2D eigenvalue weighted by molar-refractivity contribution is -0.384. The van der Waals surface area contributed by atoms with E-state index in [0.29, 0.717) is 17.5 Å². The van der Waals surface area contributed by atoms with Crippen LogP contribution in [0, 0.1) is 10.1 Å². The summed E-state index contributed by atoms with van der Waals surface area (Å²) in [6.07, 6.45) is 1.05. The van der Waals surface area contributed by atoms with Gasteiger partial charge in [0.05, 0.1) is 4.92 Å². The summed E-state index contributed by atoms with van der Waals surface area (Å²) < 4.78 is 5.91. The number of hydrogen-bond donors (Lipinski definition) is 2. The number of nitro benzene ring substituents is 1. The molecule has 0 aliphatic heterocycles. The van der Waals surface area contributed by atoms with E-state index in [1.54, 1.807) is 12.1 Å². The van der Waals surface area contributed by atoms with Gasteiger partial charge in [0.15, 0.2) is 10.7 Å². The number of nitrogens with zero attached hydrogens (tertiary/aromatic N) is 2. The van der Waals surface area contributed by atoms with Crippen molar-refractivity contribution in [1.82, 2.24) is 10.3 Å². The summed E-state index contributed by atoms with van der Waals surface area (Å²) >= 11 is 11.0. The third-order valence-corrected chi connectivity index (χ3v) is 6.14. The summed E-state index contributed by atoms with van der Waals surface area (Å²) in [5, 5.41) is 16.4. The van der Waals surface area contributed by atoms with Crippen LogP contribution in [-0.4, -0.2) is 20.9 Å². The molecule has 1 heterocycles. The molecule has 3 aromatic carbocycles. The molecule has 1 unspecified atom stereocenters. The van der Waals surface area contributed by atoms with Crippen molar-refractivity contribution in [2.75, 3.05) is 5.32 Å². The molecule has 1 aromatic heterocycles. The number of carbonyl (C=O) groups excluding carboxylic acids is 1. The minimum atomic E-state index is -0.654. The molecule has 1 atom stereocenters. The molecule has 4 rings (SSSR count). The van der Waals surface area contributed by atoms with Gasteiger partial charge in [-0.2, -0.15) is 0 Å². The topological polar surface area (TPSA) is 110 Å². The molecule has 0 aliphatic rings. The van der Waals surface area contributed by atoms with E-state index in [1.165, 1.54) is 17.7 Å². The molecule has 0 radical (unpaired) electrons. The first-order valence-electron chi connectivity index (χ1n) is 10.8. The van der Waals surface area contributed by atoms with Crippen molar-refractivity contribution in [2.45, 2.75) is 26.2 Å². The maximum Gasteiger partial charge on any atom is 0.288 e. The van der Waals surface area contributed by atoms with Gasteiger partial charge in [-0.1, -0.05) is 31.5 Å². The molecular formula is C25H21ClN4O4S. The molecule has 0 bridgehead atoms. The molecule has 35 heavy (non-hydrogen) atoms. The molecule has 0 fully saturated rings. The minimum Gasteiger partial charge on any atom is -0.436 e. The maximum atomic E-state index is 12.4. The third kappa shape index (κ3) is 5.47. The van der Waals surface area contributed by atoms with E-state index >= 15 is 0 Å². The molecule has 0 spiro atoms. The predicted octanol–water partition coefficient (Wildman–Crippen LogP) is 6.70. The number of thiocarbonyl (C=S) groups is 1. The average molecular weight is 509 g/mol. The highest BCUT2D eigenvalue weighted by Gasteiger charge is 2.17. The number of anilines is 1. The van der Waals surface area contributed by atoms with Gasteiger partial charge in [-0.3, -0.25) is 20.2 Å². The van der Waals surface area contributed by atoms with E-state index in [2.05, 4.69) is 41.6 Å². The average Bonchev–Trinajstić information content (AvgIpc) is 3.27. The quantitative estimate of drug-likeness (QED) is 0.169. The number of amides is 1. The molecule has 10 heteroatoms. The summed E-state index contributed by atoms with van der Waals surface area (Å²) in [6.45, 7) is 4.33. The molecule has 2 N–H and O–H groups in total. The monoisotopic (exact) mass is 508 g/mol. The van der Waals surface area contributed by atoms with E-state index < -0.39 is 10.8 Å². The Balaban J connectivity index is 1.43. The van der Waals surface area contributed by atoms with Crippen LogP contribution in [0.1, 0.15) is 42.1 Å². The summed E-state index contributed by atoms with van der Waals surface area (Å²) in [5.41, 5.74) is 3.89. The first kappa shape index (κ1) is 24.3. The van der Waals surface area contributed by atoms with Crippen LogP contribution in [0.2, 0.25) is 5.02 Å². The Labute approximate surface area is 211 Å². The number of carbonyl (C=O) groups is 1. The van der Waals surface area contributed by atoms with Gasteiger partial charge in [0.1, 0.15) is 10.5 Å². The smallest absolute Gasteiger partial charge is 0.288 e. The van der Waals surface area contributed by atoms with Crippen molar-refractivity contribution in [3.63, 3.8) is 0 Å². The van der Waals surface area contributed by atoms with Crippen molar-refractivity contribution in [3.8, 4) is 11.5 Å². The predicted molar refractivity (Wildman–Crippen MR) is 140 cm³/mol. The van der Waals surface area contributed by atoms with E-state index in [0.717, 1.165) is 29.2 Å². The number of hydrogen-bond acceptors (Lipinski definition) is 6. The zero-order valence-corrected chi connectivity index (χ0v) is 20.4. The Morgan fingerprint density at radius 2 is 1.91 bits per heavy atom. The van der Waals surface area contributed by atoms with Gasteiger partial charge in [-0.05, 0) is 78.7 Å². The molecule has 4 aromatic rings. The van der Waals surface area contributed by atoms with Crippen LogP contribution in [0.3, 0.4) is 0 Å². The highest BCUT2D eigenvalue weighted by atomic mass is 35.5. The molecule has 0 saturated carbocycles. The lowest BCUT2D eigenvalue weighted by atomic mass is 9.98. The number of oxazole rings is 1. The van der Waals surface area contributed by atoms with Crippen LogP contribution in [-0.2, 0) is 0 Å². The second kappa shape index (κ2) is 10.2. The number of benzene rings is 3. The summed E-state index contributed by atoms with van der Waals surface area (Å²) in [5.74, 6) is 0.360. The third-order valence-electron chi connectivity index (χ3n) is 5.61. The normalized spacial score (nSPS) is 11.7. The second-order valence-electron chi connectivity index (χ2n) is 7.96. The number of rotatable bonds is 6. The largest absolute Gasteiger partial charge is 0.436 e. The number of nitro groups is 1. The molecule has 0 saturated heterocycles. The van der Waals surface area contributed by atoms with Crippen LogP contribution >= 0.6 is 23.8 Å². The number of nitrogens with one attached hydrogen (secondary N) is 2. The summed E-state index contributed by atoms with van der Waals surface area (Å²) in [7, 11) is 0. The van der Waals surface area contributed by atoms with Crippen molar-refractivity contribution in [2.24, 2.45) is 0 Å². The van der Waals surface area contributed by atoms with Crippen LogP contribution in [0.4, 0.5) is 11.4 Å². The van der Waals surface area contributed by atoms with Gasteiger partial charge >= 0.3 is 0 Å². The van der Waals surface area contributed by atoms with Crippen LogP contribution in [0.25, 0.3) is 22.6 Å². The first-order chi connectivity index (χ1) is 16.7. The maximum absolute atomic E-state index is 12.4. The summed E-state index contributed by atoms with van der Waals surface area (Å²) in [4.78, 5) is 27.4. The Kier molecular flexibility index (Phi) is 7.09. The minimum absolute atomic E-state index is 0.0415. The molecular weight excluding hydrogens is 488 g/mol. The zero-order chi connectivity index (χ0) is 25.1. The fourth-order valence-electron chi connectivity index (χ4n) is 3.44. The lowest BCUT2D eigenvalue weighted by Crippen LogP contribution is -2.34. The fourth-order valence-corrected chi connectivity index (χ4v) is 3.83. The summed E-state index contributed by atoms with van der Waals surface area (Å²) in [6, 6.07) is 17.1. The van der Waals surface area contributed by atoms with Crippen LogP contribution in [0.15, 0.2) is 65.1 Å². The molecule has 1 amide bonds.